The lowest BCUT2D eigenvalue weighted by Gasteiger charge is -2.31. The van der Waals surface area contributed by atoms with Crippen LogP contribution in [0.4, 0.5) is 0 Å². The Morgan fingerprint density at radius 2 is 2.47 bits per heavy atom. The molecule has 0 radical (unpaired) electrons. The lowest BCUT2D eigenvalue weighted by atomic mass is 9.94. The first kappa shape index (κ1) is 10.7. The van der Waals surface area contributed by atoms with Gasteiger partial charge in [-0.2, -0.15) is 0 Å². The molecule has 0 amide bonds. The topological polar surface area (TPSA) is 29.9 Å². The van der Waals surface area contributed by atoms with E-state index in [2.05, 4.69) is 34.9 Å². The molecule has 1 N–H and O–H groups in total. The minimum absolute atomic E-state index is 0.600. The van der Waals surface area contributed by atoms with E-state index in [4.69, 9.17) is 0 Å². The SMILES string of the molecule is CCCc1nccn1C1CNCCC1C. The second kappa shape index (κ2) is 4.79. The van der Waals surface area contributed by atoms with E-state index in [1.165, 1.54) is 18.7 Å². The summed E-state index contributed by atoms with van der Waals surface area (Å²) in [5.41, 5.74) is 0. The van der Waals surface area contributed by atoms with Gasteiger partial charge in [-0.3, -0.25) is 0 Å². The van der Waals surface area contributed by atoms with Crippen molar-refractivity contribution in [3.05, 3.63) is 18.2 Å². The van der Waals surface area contributed by atoms with E-state index in [1.807, 2.05) is 6.20 Å². The number of nitrogens with zero attached hydrogens (tertiary/aromatic N) is 2. The number of aryl methyl sites for hydroxylation is 1. The van der Waals surface area contributed by atoms with Crippen LogP contribution < -0.4 is 5.32 Å². The predicted molar refractivity (Wildman–Crippen MR) is 61.9 cm³/mol. The van der Waals surface area contributed by atoms with Crippen LogP contribution in [0.15, 0.2) is 12.4 Å². The fourth-order valence-corrected chi connectivity index (χ4v) is 2.41. The number of aromatic nitrogens is 2. The maximum atomic E-state index is 4.45. The largest absolute Gasteiger partial charge is 0.330 e. The molecule has 2 unspecified atom stereocenters. The highest BCUT2D eigenvalue weighted by atomic mass is 15.1. The molecule has 1 aromatic heterocycles. The fraction of sp³-hybridized carbons (Fsp3) is 0.750. The smallest absolute Gasteiger partial charge is 0.108 e. The molecule has 0 spiro atoms. The van der Waals surface area contributed by atoms with Gasteiger partial charge in [0, 0.05) is 31.4 Å². The lowest BCUT2D eigenvalue weighted by molar-refractivity contribution is 0.269. The summed E-state index contributed by atoms with van der Waals surface area (Å²) >= 11 is 0. The van der Waals surface area contributed by atoms with Crippen LogP contribution >= 0.6 is 0 Å². The van der Waals surface area contributed by atoms with Crippen molar-refractivity contribution in [1.29, 1.82) is 0 Å². The first-order chi connectivity index (χ1) is 7.33. The summed E-state index contributed by atoms with van der Waals surface area (Å²) in [7, 11) is 0. The molecule has 0 bridgehead atoms. The van der Waals surface area contributed by atoms with Crippen LogP contribution in [-0.2, 0) is 6.42 Å². The van der Waals surface area contributed by atoms with Crippen molar-refractivity contribution in [2.75, 3.05) is 13.1 Å². The highest BCUT2D eigenvalue weighted by Gasteiger charge is 2.23. The zero-order chi connectivity index (χ0) is 10.7. The van der Waals surface area contributed by atoms with Gasteiger partial charge in [0.15, 0.2) is 0 Å². The van der Waals surface area contributed by atoms with Gasteiger partial charge in [0.2, 0.25) is 0 Å². The molecule has 0 saturated carbocycles. The molecule has 1 aliphatic rings. The first-order valence-electron chi connectivity index (χ1n) is 6.05. The second-order valence-corrected chi connectivity index (χ2v) is 4.54. The van der Waals surface area contributed by atoms with Crippen molar-refractivity contribution in [2.45, 2.75) is 39.2 Å². The van der Waals surface area contributed by atoms with Crippen LogP contribution in [0.1, 0.15) is 38.6 Å². The summed E-state index contributed by atoms with van der Waals surface area (Å²) in [5.74, 6) is 2.01. The van der Waals surface area contributed by atoms with Crippen molar-refractivity contribution in [3.8, 4) is 0 Å². The summed E-state index contributed by atoms with van der Waals surface area (Å²) in [4.78, 5) is 4.45. The van der Waals surface area contributed by atoms with E-state index in [0.717, 1.165) is 25.4 Å². The molecule has 1 fully saturated rings. The molecular weight excluding hydrogens is 186 g/mol. The van der Waals surface area contributed by atoms with Gasteiger partial charge in [-0.05, 0) is 25.3 Å². The maximum Gasteiger partial charge on any atom is 0.108 e. The summed E-state index contributed by atoms with van der Waals surface area (Å²) in [5, 5.41) is 3.47. The normalized spacial score (nSPS) is 26.8. The Labute approximate surface area is 91.9 Å². The summed E-state index contributed by atoms with van der Waals surface area (Å²) in [6, 6.07) is 0.600. The van der Waals surface area contributed by atoms with Crippen LogP contribution in [0.5, 0.6) is 0 Å². The molecule has 3 heteroatoms. The van der Waals surface area contributed by atoms with Crippen LogP contribution in [0.2, 0.25) is 0 Å². The second-order valence-electron chi connectivity index (χ2n) is 4.54. The average molecular weight is 207 g/mol. The van der Waals surface area contributed by atoms with Gasteiger partial charge in [0.1, 0.15) is 5.82 Å². The van der Waals surface area contributed by atoms with E-state index < -0.39 is 0 Å². The van der Waals surface area contributed by atoms with E-state index in [-0.39, 0.29) is 0 Å². The molecule has 3 nitrogen and oxygen atoms in total. The van der Waals surface area contributed by atoms with Crippen LogP contribution in [0.25, 0.3) is 0 Å². The molecule has 2 atom stereocenters. The molecular formula is C12H21N3. The van der Waals surface area contributed by atoms with Crippen molar-refractivity contribution in [3.63, 3.8) is 0 Å². The minimum Gasteiger partial charge on any atom is -0.330 e. The zero-order valence-corrected chi connectivity index (χ0v) is 9.74. The molecule has 84 valence electrons. The first-order valence-corrected chi connectivity index (χ1v) is 6.05. The monoisotopic (exact) mass is 207 g/mol. The Bertz CT molecular complexity index is 306. The fourth-order valence-electron chi connectivity index (χ4n) is 2.41. The lowest BCUT2D eigenvalue weighted by Crippen LogP contribution is -2.37. The third kappa shape index (κ3) is 2.23. The third-order valence-corrected chi connectivity index (χ3v) is 3.37. The standard InChI is InChI=1S/C12H21N3/c1-3-4-12-14-7-8-15(12)11-9-13-6-5-10(11)2/h7-8,10-11,13H,3-6,9H2,1-2H3. The molecule has 0 aromatic carbocycles. The van der Waals surface area contributed by atoms with Gasteiger partial charge in [0.05, 0.1) is 0 Å². The molecule has 1 aliphatic heterocycles. The van der Waals surface area contributed by atoms with E-state index in [0.29, 0.717) is 6.04 Å². The van der Waals surface area contributed by atoms with Gasteiger partial charge in [-0.25, -0.2) is 4.98 Å². The van der Waals surface area contributed by atoms with Crippen LogP contribution in [-0.4, -0.2) is 22.6 Å². The Morgan fingerprint density at radius 3 is 3.20 bits per heavy atom. The molecule has 2 rings (SSSR count). The number of imidazole rings is 1. The Hall–Kier alpha value is -0.830. The summed E-state index contributed by atoms with van der Waals surface area (Å²) in [6.07, 6.45) is 7.61. The van der Waals surface area contributed by atoms with Crippen molar-refractivity contribution in [1.82, 2.24) is 14.9 Å². The maximum absolute atomic E-state index is 4.45. The van der Waals surface area contributed by atoms with E-state index in [9.17, 15) is 0 Å². The average Bonchev–Trinajstić information content (AvgIpc) is 2.67. The van der Waals surface area contributed by atoms with Gasteiger partial charge < -0.3 is 9.88 Å². The third-order valence-electron chi connectivity index (χ3n) is 3.37. The zero-order valence-electron chi connectivity index (χ0n) is 9.74. The molecule has 1 saturated heterocycles. The van der Waals surface area contributed by atoms with E-state index >= 15 is 0 Å². The predicted octanol–water partition coefficient (Wildman–Crippen LogP) is 2.01. The van der Waals surface area contributed by atoms with Gasteiger partial charge in [0.25, 0.3) is 0 Å². The number of hydrogen-bond acceptors (Lipinski definition) is 2. The van der Waals surface area contributed by atoms with Crippen molar-refractivity contribution < 1.29 is 0 Å². The number of piperidine rings is 1. The number of rotatable bonds is 3. The minimum atomic E-state index is 0.600. The van der Waals surface area contributed by atoms with Crippen molar-refractivity contribution in [2.24, 2.45) is 5.92 Å². The van der Waals surface area contributed by atoms with Gasteiger partial charge in [-0.15, -0.1) is 0 Å². The van der Waals surface area contributed by atoms with Gasteiger partial charge >= 0.3 is 0 Å². The van der Waals surface area contributed by atoms with E-state index in [1.54, 1.807) is 0 Å². The quantitative estimate of drug-likeness (QED) is 0.821. The Balaban J connectivity index is 2.15. The molecule has 2 heterocycles. The van der Waals surface area contributed by atoms with Crippen molar-refractivity contribution >= 4 is 0 Å². The summed E-state index contributed by atoms with van der Waals surface area (Å²) in [6.45, 7) is 6.81. The summed E-state index contributed by atoms with van der Waals surface area (Å²) < 4.78 is 2.38. The molecule has 0 aliphatic carbocycles. The highest BCUT2D eigenvalue weighted by Crippen LogP contribution is 2.24. The number of nitrogens with one attached hydrogen (secondary N) is 1. The van der Waals surface area contributed by atoms with Crippen LogP contribution in [0, 0.1) is 5.92 Å². The number of hydrogen-bond donors (Lipinski definition) is 1. The Kier molecular flexibility index (Phi) is 3.41. The molecule has 15 heavy (non-hydrogen) atoms. The highest BCUT2D eigenvalue weighted by molar-refractivity contribution is 4.98. The Morgan fingerprint density at radius 1 is 1.60 bits per heavy atom. The molecule has 1 aromatic rings. The van der Waals surface area contributed by atoms with Gasteiger partial charge in [-0.1, -0.05) is 13.8 Å². The van der Waals surface area contributed by atoms with Crippen LogP contribution in [0.3, 0.4) is 0 Å².